The number of ether oxygens (including phenoxy) is 2. The van der Waals surface area contributed by atoms with Crippen LogP contribution in [-0.2, 0) is 4.79 Å². The van der Waals surface area contributed by atoms with E-state index in [-0.39, 0.29) is 12.1 Å². The third-order valence-electron chi connectivity index (χ3n) is 4.44. The molecule has 1 aromatic rings. The number of para-hydroxylation sites is 1. The van der Waals surface area contributed by atoms with E-state index < -0.39 is 5.97 Å². The molecular weight excluding hydrogens is 270 g/mol. The molecule has 2 aliphatic heterocycles. The molecule has 0 aliphatic carbocycles. The van der Waals surface area contributed by atoms with Crippen molar-refractivity contribution in [3.63, 3.8) is 0 Å². The van der Waals surface area contributed by atoms with Crippen LogP contribution in [0.4, 0.5) is 0 Å². The zero-order valence-electron chi connectivity index (χ0n) is 12.2. The Morgan fingerprint density at radius 1 is 1.38 bits per heavy atom. The number of methoxy groups -OCH3 is 1. The van der Waals surface area contributed by atoms with Gasteiger partial charge >= 0.3 is 5.97 Å². The second-order valence-electron chi connectivity index (χ2n) is 5.62. The van der Waals surface area contributed by atoms with Crippen molar-refractivity contribution in [3.05, 3.63) is 23.8 Å². The molecule has 2 atom stereocenters. The van der Waals surface area contributed by atoms with E-state index in [0.717, 1.165) is 49.3 Å². The molecule has 21 heavy (non-hydrogen) atoms. The number of benzene rings is 1. The first kappa shape index (κ1) is 14.2. The van der Waals surface area contributed by atoms with Crippen molar-refractivity contribution in [1.82, 2.24) is 4.90 Å². The van der Waals surface area contributed by atoms with Crippen LogP contribution in [0.3, 0.4) is 0 Å². The molecule has 1 saturated heterocycles. The van der Waals surface area contributed by atoms with Crippen molar-refractivity contribution >= 4 is 5.97 Å². The zero-order valence-corrected chi connectivity index (χ0v) is 12.2. The summed E-state index contributed by atoms with van der Waals surface area (Å²) in [6.07, 6.45) is 3.51. The normalized spacial score (nSPS) is 25.8. The van der Waals surface area contributed by atoms with Crippen LogP contribution in [-0.4, -0.2) is 42.3 Å². The number of carboxylic acids is 1. The van der Waals surface area contributed by atoms with Gasteiger partial charge in [-0.05, 0) is 38.3 Å². The van der Waals surface area contributed by atoms with E-state index in [1.807, 2.05) is 18.2 Å². The average Bonchev–Trinajstić information content (AvgIpc) is 2.87. The summed E-state index contributed by atoms with van der Waals surface area (Å²) in [5, 5.41) is 9.44. The van der Waals surface area contributed by atoms with Crippen LogP contribution in [0.5, 0.6) is 11.5 Å². The maximum absolute atomic E-state index is 11.5. The summed E-state index contributed by atoms with van der Waals surface area (Å²) in [4.78, 5) is 13.6. The molecule has 5 nitrogen and oxygen atoms in total. The van der Waals surface area contributed by atoms with Crippen molar-refractivity contribution in [1.29, 1.82) is 0 Å². The van der Waals surface area contributed by atoms with Crippen LogP contribution in [0.15, 0.2) is 18.2 Å². The Bertz CT molecular complexity index is 531. The predicted octanol–water partition coefficient (Wildman–Crippen LogP) is 2.46. The Morgan fingerprint density at radius 3 is 3.00 bits per heavy atom. The summed E-state index contributed by atoms with van der Waals surface area (Å²) < 4.78 is 11.3. The second kappa shape index (κ2) is 5.93. The molecule has 2 heterocycles. The van der Waals surface area contributed by atoms with E-state index in [0.29, 0.717) is 6.61 Å². The quantitative estimate of drug-likeness (QED) is 0.927. The fourth-order valence-electron chi connectivity index (χ4n) is 3.49. The second-order valence-corrected chi connectivity index (χ2v) is 5.62. The lowest BCUT2D eigenvalue weighted by Crippen LogP contribution is -2.38. The fourth-order valence-corrected chi connectivity index (χ4v) is 3.49. The molecule has 0 amide bonds. The lowest BCUT2D eigenvalue weighted by Gasteiger charge is -2.31. The Labute approximate surface area is 124 Å². The van der Waals surface area contributed by atoms with E-state index in [2.05, 4.69) is 4.90 Å². The number of aliphatic carboxylic acids is 1. The third-order valence-corrected chi connectivity index (χ3v) is 4.44. The van der Waals surface area contributed by atoms with E-state index >= 15 is 0 Å². The van der Waals surface area contributed by atoms with Crippen molar-refractivity contribution in [2.24, 2.45) is 0 Å². The number of fused-ring (bicyclic) bond motifs is 1. The maximum Gasteiger partial charge on any atom is 0.320 e. The van der Waals surface area contributed by atoms with Gasteiger partial charge in [0.2, 0.25) is 0 Å². The molecule has 114 valence electrons. The summed E-state index contributed by atoms with van der Waals surface area (Å²) in [7, 11) is 1.63. The van der Waals surface area contributed by atoms with Crippen molar-refractivity contribution in [2.75, 3.05) is 20.3 Å². The number of nitrogens with zero attached hydrogens (tertiary/aromatic N) is 1. The summed E-state index contributed by atoms with van der Waals surface area (Å²) in [5.74, 6) is 0.783. The number of carboxylic acid groups (broad SMARTS) is 1. The molecule has 1 aromatic carbocycles. The first-order valence-electron chi connectivity index (χ1n) is 7.50. The first-order valence-corrected chi connectivity index (χ1v) is 7.50. The van der Waals surface area contributed by atoms with E-state index in [9.17, 15) is 9.90 Å². The Kier molecular flexibility index (Phi) is 4.01. The highest BCUT2D eigenvalue weighted by atomic mass is 16.5. The summed E-state index contributed by atoms with van der Waals surface area (Å²) in [6, 6.07) is 5.59. The van der Waals surface area contributed by atoms with Crippen molar-refractivity contribution < 1.29 is 19.4 Å². The minimum atomic E-state index is -0.720. The van der Waals surface area contributed by atoms with Gasteiger partial charge in [0.05, 0.1) is 13.7 Å². The minimum Gasteiger partial charge on any atom is -0.493 e. The van der Waals surface area contributed by atoms with Crippen molar-refractivity contribution in [2.45, 2.75) is 37.8 Å². The third kappa shape index (κ3) is 2.58. The summed E-state index contributed by atoms with van der Waals surface area (Å²) >= 11 is 0. The number of carbonyl (C=O) groups is 1. The van der Waals surface area contributed by atoms with Crippen molar-refractivity contribution in [3.8, 4) is 11.5 Å². The highest BCUT2D eigenvalue weighted by Crippen LogP contribution is 2.43. The van der Waals surface area contributed by atoms with Gasteiger partial charge < -0.3 is 14.6 Å². The average molecular weight is 291 g/mol. The fraction of sp³-hybridized carbons (Fsp3) is 0.562. The molecule has 0 saturated carbocycles. The standard InChI is InChI=1S/C16H21NO4/c1-20-14-8-2-5-11-12(7-4-10-21-15(11)14)17-9-3-6-13(17)16(18)19/h2,5,8,12-13H,3-4,6-7,9-10H2,1H3,(H,18,19). The highest BCUT2D eigenvalue weighted by Gasteiger charge is 2.38. The lowest BCUT2D eigenvalue weighted by molar-refractivity contribution is -0.143. The molecule has 0 radical (unpaired) electrons. The molecule has 2 unspecified atom stereocenters. The number of hydrogen-bond donors (Lipinski definition) is 1. The first-order chi connectivity index (χ1) is 10.2. The molecule has 1 fully saturated rings. The smallest absolute Gasteiger partial charge is 0.320 e. The minimum absolute atomic E-state index is 0.0983. The van der Waals surface area contributed by atoms with Crippen LogP contribution in [0.1, 0.15) is 37.3 Å². The SMILES string of the molecule is COc1cccc2c1OCCCC2N1CCCC1C(=O)O. The van der Waals surface area contributed by atoms with Gasteiger partial charge in [-0.25, -0.2) is 0 Å². The van der Waals surface area contributed by atoms with Crippen LogP contribution >= 0.6 is 0 Å². The topological polar surface area (TPSA) is 59.0 Å². The molecule has 0 aromatic heterocycles. The van der Waals surface area contributed by atoms with E-state index in [1.54, 1.807) is 7.11 Å². The zero-order chi connectivity index (χ0) is 14.8. The summed E-state index contributed by atoms with van der Waals surface area (Å²) in [6.45, 7) is 1.48. The molecular formula is C16H21NO4. The molecule has 0 spiro atoms. The Balaban J connectivity index is 1.98. The van der Waals surface area contributed by atoms with Gasteiger partial charge in [-0.15, -0.1) is 0 Å². The Hall–Kier alpha value is -1.75. The van der Waals surface area contributed by atoms with Gasteiger partial charge in [0.1, 0.15) is 6.04 Å². The van der Waals surface area contributed by atoms with Gasteiger partial charge in [-0.1, -0.05) is 12.1 Å². The monoisotopic (exact) mass is 291 g/mol. The van der Waals surface area contributed by atoms with Gasteiger partial charge in [-0.3, -0.25) is 9.69 Å². The highest BCUT2D eigenvalue weighted by molar-refractivity contribution is 5.74. The molecule has 0 bridgehead atoms. The largest absolute Gasteiger partial charge is 0.493 e. The van der Waals surface area contributed by atoms with Crippen LogP contribution in [0.25, 0.3) is 0 Å². The number of hydrogen-bond acceptors (Lipinski definition) is 4. The van der Waals surface area contributed by atoms with Crippen LogP contribution in [0, 0.1) is 0 Å². The molecule has 2 aliphatic rings. The van der Waals surface area contributed by atoms with Crippen LogP contribution < -0.4 is 9.47 Å². The predicted molar refractivity (Wildman–Crippen MR) is 77.8 cm³/mol. The van der Waals surface area contributed by atoms with E-state index in [4.69, 9.17) is 9.47 Å². The van der Waals surface area contributed by atoms with Gasteiger partial charge in [-0.2, -0.15) is 0 Å². The molecule has 1 N–H and O–H groups in total. The lowest BCUT2D eigenvalue weighted by atomic mass is 9.99. The van der Waals surface area contributed by atoms with Gasteiger partial charge in [0.25, 0.3) is 0 Å². The van der Waals surface area contributed by atoms with Crippen LogP contribution in [0.2, 0.25) is 0 Å². The Morgan fingerprint density at radius 2 is 2.24 bits per heavy atom. The van der Waals surface area contributed by atoms with E-state index in [1.165, 1.54) is 0 Å². The number of likely N-dealkylation sites (tertiary alicyclic amines) is 1. The maximum atomic E-state index is 11.5. The molecule has 3 rings (SSSR count). The van der Waals surface area contributed by atoms with Gasteiger partial charge in [0.15, 0.2) is 11.5 Å². The molecule has 5 heteroatoms. The summed E-state index contributed by atoms with van der Waals surface area (Å²) in [5.41, 5.74) is 1.06. The van der Waals surface area contributed by atoms with Gasteiger partial charge in [0, 0.05) is 11.6 Å². The number of rotatable bonds is 3.